The Labute approximate surface area is 180 Å². The van der Waals surface area contributed by atoms with E-state index in [1.165, 1.54) is 0 Å². The number of nitrogens with one attached hydrogen (secondary N) is 1. The third-order valence-corrected chi connectivity index (χ3v) is 5.57. The number of benzene rings is 3. The van der Waals surface area contributed by atoms with Crippen molar-refractivity contribution in [3.05, 3.63) is 95.7 Å². The summed E-state index contributed by atoms with van der Waals surface area (Å²) in [5.41, 5.74) is 4.80. The maximum absolute atomic E-state index is 13.5. The minimum Gasteiger partial charge on any atom is -0.493 e. The number of carbonyl (C=O) groups is 1. The number of carbonyl (C=O) groups excluding carboxylic acids is 1. The molecule has 6 heteroatoms. The Kier molecular flexibility index (Phi) is 4.67. The van der Waals surface area contributed by atoms with Gasteiger partial charge < -0.3 is 9.47 Å². The van der Waals surface area contributed by atoms with Gasteiger partial charge in [0.05, 0.1) is 26.0 Å². The van der Waals surface area contributed by atoms with Gasteiger partial charge in [0.15, 0.2) is 11.5 Å². The number of nitrogens with zero attached hydrogens (tertiary/aromatic N) is 2. The van der Waals surface area contributed by atoms with E-state index >= 15 is 0 Å². The number of fused-ring (bicyclic) bond motifs is 1. The third-order valence-electron chi connectivity index (χ3n) is 5.57. The number of amides is 1. The predicted octanol–water partition coefficient (Wildman–Crippen LogP) is 4.84. The van der Waals surface area contributed by atoms with Gasteiger partial charge in [-0.1, -0.05) is 54.6 Å². The fourth-order valence-corrected chi connectivity index (χ4v) is 4.16. The molecular weight excluding hydrogens is 390 g/mol. The smallest absolute Gasteiger partial charge is 0.277 e. The molecule has 0 spiro atoms. The lowest BCUT2D eigenvalue weighted by molar-refractivity contribution is 0.0988. The number of hydrogen-bond donors (Lipinski definition) is 1. The molecule has 0 aliphatic carbocycles. The summed E-state index contributed by atoms with van der Waals surface area (Å²) in [6.45, 7) is 0. The van der Waals surface area contributed by atoms with Gasteiger partial charge in [0.25, 0.3) is 5.91 Å². The van der Waals surface area contributed by atoms with Crippen LogP contribution >= 0.6 is 0 Å². The minimum atomic E-state index is -0.362. The van der Waals surface area contributed by atoms with Crippen LogP contribution in [0.15, 0.2) is 78.9 Å². The number of anilines is 1. The van der Waals surface area contributed by atoms with Gasteiger partial charge in [-0.3, -0.25) is 14.8 Å². The first-order valence-corrected chi connectivity index (χ1v) is 9.97. The summed E-state index contributed by atoms with van der Waals surface area (Å²) in [6.07, 6.45) is 0. The molecule has 1 amide bonds. The summed E-state index contributed by atoms with van der Waals surface area (Å²) < 4.78 is 10.9. The Morgan fingerprint density at radius 1 is 0.871 bits per heavy atom. The van der Waals surface area contributed by atoms with Crippen molar-refractivity contribution in [2.45, 2.75) is 6.04 Å². The molecule has 0 unspecified atom stereocenters. The van der Waals surface area contributed by atoms with Crippen molar-refractivity contribution in [2.75, 3.05) is 19.1 Å². The Bertz CT molecular complexity index is 1240. The Balaban J connectivity index is 1.74. The normalized spacial score (nSPS) is 15.1. The van der Waals surface area contributed by atoms with Crippen LogP contribution in [0, 0.1) is 0 Å². The van der Waals surface area contributed by atoms with Crippen molar-refractivity contribution in [2.24, 2.45) is 0 Å². The number of H-pyrrole nitrogens is 1. The van der Waals surface area contributed by atoms with Crippen LogP contribution in [-0.2, 0) is 0 Å². The lowest BCUT2D eigenvalue weighted by atomic mass is 9.95. The van der Waals surface area contributed by atoms with Crippen LogP contribution in [0.2, 0.25) is 0 Å². The standard InChI is InChI=1S/C25H21N3O3/c1-30-19-14-13-17(15-20(19)31-2)24-21-22(16-9-5-3-6-10-16)26-27-23(21)25(29)28(24)18-11-7-4-8-12-18/h3-15,24H,1-2H3,(H,26,27)/t24-/m0/s1. The highest BCUT2D eigenvalue weighted by molar-refractivity contribution is 6.11. The van der Waals surface area contributed by atoms with Gasteiger partial charge in [-0.2, -0.15) is 5.10 Å². The van der Waals surface area contributed by atoms with Crippen LogP contribution in [0.3, 0.4) is 0 Å². The van der Waals surface area contributed by atoms with E-state index in [-0.39, 0.29) is 11.9 Å². The van der Waals surface area contributed by atoms with E-state index < -0.39 is 0 Å². The van der Waals surface area contributed by atoms with Crippen LogP contribution in [0.4, 0.5) is 5.69 Å². The average molecular weight is 411 g/mol. The van der Waals surface area contributed by atoms with Gasteiger partial charge in [-0.25, -0.2) is 0 Å². The molecule has 5 rings (SSSR count). The van der Waals surface area contributed by atoms with Crippen molar-refractivity contribution in [1.82, 2.24) is 10.2 Å². The van der Waals surface area contributed by atoms with Gasteiger partial charge >= 0.3 is 0 Å². The summed E-state index contributed by atoms with van der Waals surface area (Å²) in [4.78, 5) is 15.3. The molecule has 2 heterocycles. The summed E-state index contributed by atoms with van der Waals surface area (Å²) in [5, 5.41) is 7.50. The first-order valence-electron chi connectivity index (χ1n) is 9.97. The third kappa shape index (κ3) is 3.04. The van der Waals surface area contributed by atoms with Crippen LogP contribution < -0.4 is 14.4 Å². The second-order valence-electron chi connectivity index (χ2n) is 7.25. The van der Waals surface area contributed by atoms with E-state index in [2.05, 4.69) is 10.2 Å². The van der Waals surface area contributed by atoms with Crippen molar-refractivity contribution in [3.63, 3.8) is 0 Å². The Morgan fingerprint density at radius 2 is 1.55 bits per heavy atom. The number of methoxy groups -OCH3 is 2. The highest BCUT2D eigenvalue weighted by Crippen LogP contribution is 2.46. The maximum atomic E-state index is 13.5. The lowest BCUT2D eigenvalue weighted by Crippen LogP contribution is -2.29. The minimum absolute atomic E-state index is 0.115. The molecule has 1 aliphatic rings. The monoisotopic (exact) mass is 411 g/mol. The molecule has 0 saturated heterocycles. The van der Waals surface area contributed by atoms with Crippen LogP contribution in [0.1, 0.15) is 27.7 Å². The average Bonchev–Trinajstić information content (AvgIpc) is 3.38. The number of ether oxygens (including phenoxy) is 2. The Hall–Kier alpha value is -4.06. The topological polar surface area (TPSA) is 67.5 Å². The number of aromatic amines is 1. The summed E-state index contributed by atoms with van der Waals surface area (Å²) >= 11 is 0. The van der Waals surface area contributed by atoms with Gasteiger partial charge in [-0.05, 0) is 29.8 Å². The zero-order chi connectivity index (χ0) is 21.4. The fourth-order valence-electron chi connectivity index (χ4n) is 4.16. The first-order chi connectivity index (χ1) is 15.2. The zero-order valence-corrected chi connectivity index (χ0v) is 17.2. The molecule has 4 aromatic rings. The summed E-state index contributed by atoms with van der Waals surface area (Å²) in [7, 11) is 3.21. The molecule has 1 aliphatic heterocycles. The van der Waals surface area contributed by atoms with E-state index in [0.29, 0.717) is 17.2 Å². The SMILES string of the molecule is COc1ccc([C@H]2c3c(-c4ccccc4)n[nH]c3C(=O)N2c2ccccc2)cc1OC. The summed E-state index contributed by atoms with van der Waals surface area (Å²) in [6, 6.07) is 24.9. The molecule has 6 nitrogen and oxygen atoms in total. The van der Waals surface area contributed by atoms with Crippen molar-refractivity contribution >= 4 is 11.6 Å². The lowest BCUT2D eigenvalue weighted by Gasteiger charge is -2.27. The molecule has 0 fully saturated rings. The predicted molar refractivity (Wildman–Crippen MR) is 119 cm³/mol. The molecule has 0 radical (unpaired) electrons. The van der Waals surface area contributed by atoms with Crippen LogP contribution in [-0.4, -0.2) is 30.3 Å². The maximum Gasteiger partial charge on any atom is 0.277 e. The van der Waals surface area contributed by atoms with Crippen molar-refractivity contribution < 1.29 is 14.3 Å². The van der Waals surface area contributed by atoms with Crippen molar-refractivity contribution in [3.8, 4) is 22.8 Å². The number of para-hydroxylation sites is 1. The largest absolute Gasteiger partial charge is 0.493 e. The number of aromatic nitrogens is 2. The highest BCUT2D eigenvalue weighted by Gasteiger charge is 2.43. The van der Waals surface area contributed by atoms with Crippen LogP contribution in [0.25, 0.3) is 11.3 Å². The van der Waals surface area contributed by atoms with Gasteiger partial charge in [0.2, 0.25) is 0 Å². The molecular formula is C25H21N3O3. The van der Waals surface area contributed by atoms with E-state index in [1.807, 2.05) is 78.9 Å². The molecule has 0 bridgehead atoms. The second kappa shape index (κ2) is 7.65. The fraction of sp³-hybridized carbons (Fsp3) is 0.120. The van der Waals surface area contributed by atoms with E-state index in [9.17, 15) is 4.79 Å². The molecule has 154 valence electrons. The molecule has 31 heavy (non-hydrogen) atoms. The van der Waals surface area contributed by atoms with E-state index in [1.54, 1.807) is 19.1 Å². The number of hydrogen-bond acceptors (Lipinski definition) is 4. The van der Waals surface area contributed by atoms with Gasteiger partial charge in [-0.15, -0.1) is 0 Å². The summed E-state index contributed by atoms with van der Waals surface area (Å²) in [5.74, 6) is 1.13. The second-order valence-corrected chi connectivity index (χ2v) is 7.25. The molecule has 3 aromatic carbocycles. The quantitative estimate of drug-likeness (QED) is 0.510. The van der Waals surface area contributed by atoms with Crippen molar-refractivity contribution in [1.29, 1.82) is 0 Å². The molecule has 1 aromatic heterocycles. The molecule has 1 atom stereocenters. The number of rotatable bonds is 5. The van der Waals surface area contributed by atoms with Gasteiger partial charge in [0, 0.05) is 16.8 Å². The van der Waals surface area contributed by atoms with E-state index in [0.717, 1.165) is 28.1 Å². The van der Waals surface area contributed by atoms with Crippen LogP contribution in [0.5, 0.6) is 11.5 Å². The Morgan fingerprint density at radius 3 is 2.23 bits per heavy atom. The highest BCUT2D eigenvalue weighted by atomic mass is 16.5. The van der Waals surface area contributed by atoms with Gasteiger partial charge in [0.1, 0.15) is 5.69 Å². The molecule has 1 N–H and O–H groups in total. The first kappa shape index (κ1) is 18.9. The molecule has 0 saturated carbocycles. The van der Waals surface area contributed by atoms with E-state index in [4.69, 9.17) is 9.47 Å². The zero-order valence-electron chi connectivity index (χ0n) is 17.2.